The van der Waals surface area contributed by atoms with Gasteiger partial charge in [0.15, 0.2) is 0 Å². The van der Waals surface area contributed by atoms with Gasteiger partial charge in [-0.25, -0.2) is 4.98 Å². The number of nitrogens with zero attached hydrogens (tertiary/aromatic N) is 1. The van der Waals surface area contributed by atoms with E-state index in [2.05, 4.69) is 60.7 Å². The van der Waals surface area contributed by atoms with E-state index in [1.165, 1.54) is 11.1 Å². The number of hydrogen-bond donors (Lipinski definition) is 1. The van der Waals surface area contributed by atoms with E-state index in [-0.39, 0.29) is 11.3 Å². The zero-order valence-corrected chi connectivity index (χ0v) is 17.2. The summed E-state index contributed by atoms with van der Waals surface area (Å²) in [6.07, 6.45) is 0.808. The fourth-order valence-electron chi connectivity index (χ4n) is 2.88. The van der Waals surface area contributed by atoms with Gasteiger partial charge in [0.2, 0.25) is 0 Å². The van der Waals surface area contributed by atoms with Crippen LogP contribution in [0.2, 0.25) is 0 Å². The van der Waals surface area contributed by atoms with E-state index in [0.29, 0.717) is 12.1 Å². The van der Waals surface area contributed by atoms with Crippen molar-refractivity contribution in [2.24, 2.45) is 0 Å². The molecule has 1 heterocycles. The molecule has 0 radical (unpaired) electrons. The maximum atomic E-state index is 12.3. The number of hydrogen-bond acceptors (Lipinski definition) is 3. The highest BCUT2D eigenvalue weighted by atomic mass is 32.1. The number of aryl methyl sites for hydroxylation is 1. The van der Waals surface area contributed by atoms with Crippen LogP contribution >= 0.6 is 11.3 Å². The molecule has 27 heavy (non-hydrogen) atoms. The van der Waals surface area contributed by atoms with E-state index in [1.807, 2.05) is 31.2 Å². The minimum Gasteiger partial charge on any atom is -0.352 e. The van der Waals surface area contributed by atoms with Gasteiger partial charge in [0, 0.05) is 23.1 Å². The highest BCUT2D eigenvalue weighted by molar-refractivity contribution is 7.09. The van der Waals surface area contributed by atoms with Gasteiger partial charge < -0.3 is 5.32 Å². The van der Waals surface area contributed by atoms with Crippen LogP contribution in [0.15, 0.2) is 53.9 Å². The molecule has 0 aliphatic heterocycles. The second kappa shape index (κ2) is 8.05. The molecule has 3 rings (SSSR count). The molecule has 0 saturated carbocycles. The maximum Gasteiger partial charge on any atom is 0.251 e. The Balaban J connectivity index is 1.52. The minimum absolute atomic E-state index is 0.0231. The van der Waals surface area contributed by atoms with Gasteiger partial charge in [0.25, 0.3) is 5.91 Å². The number of nitrogens with one attached hydrogen (secondary N) is 1. The van der Waals surface area contributed by atoms with Crippen molar-refractivity contribution < 1.29 is 4.79 Å². The number of rotatable bonds is 5. The van der Waals surface area contributed by atoms with Gasteiger partial charge in [0.1, 0.15) is 0 Å². The first-order valence-electron chi connectivity index (χ1n) is 9.23. The summed E-state index contributed by atoms with van der Waals surface area (Å²) in [4.78, 5) is 16.8. The van der Waals surface area contributed by atoms with Crippen molar-refractivity contribution in [3.05, 3.63) is 75.6 Å². The van der Waals surface area contributed by atoms with Crippen LogP contribution < -0.4 is 5.32 Å². The molecular formula is C23H26N2OS. The lowest BCUT2D eigenvalue weighted by atomic mass is 9.87. The van der Waals surface area contributed by atoms with Gasteiger partial charge in [0.05, 0.1) is 10.7 Å². The van der Waals surface area contributed by atoms with E-state index in [4.69, 9.17) is 0 Å². The van der Waals surface area contributed by atoms with Crippen molar-refractivity contribution >= 4 is 17.2 Å². The van der Waals surface area contributed by atoms with Crippen molar-refractivity contribution in [3.8, 4) is 11.3 Å². The normalized spacial score (nSPS) is 11.4. The zero-order valence-electron chi connectivity index (χ0n) is 16.4. The third-order valence-electron chi connectivity index (χ3n) is 4.58. The first kappa shape index (κ1) is 19.3. The smallest absolute Gasteiger partial charge is 0.251 e. The van der Waals surface area contributed by atoms with E-state index in [0.717, 1.165) is 22.7 Å². The molecule has 0 aliphatic rings. The number of benzene rings is 2. The lowest BCUT2D eigenvalue weighted by Gasteiger charge is -2.19. The topological polar surface area (TPSA) is 42.0 Å². The first-order valence-corrected chi connectivity index (χ1v) is 10.1. The quantitative estimate of drug-likeness (QED) is 0.647. The molecular weight excluding hydrogens is 352 g/mol. The van der Waals surface area contributed by atoms with Crippen LogP contribution in [0.3, 0.4) is 0 Å². The van der Waals surface area contributed by atoms with Crippen molar-refractivity contribution in [1.82, 2.24) is 10.3 Å². The second-order valence-corrected chi connectivity index (χ2v) is 8.84. The Morgan fingerprint density at radius 3 is 2.26 bits per heavy atom. The van der Waals surface area contributed by atoms with Crippen LogP contribution in [-0.2, 0) is 11.8 Å². The van der Waals surface area contributed by atoms with E-state index in [1.54, 1.807) is 11.3 Å². The first-order chi connectivity index (χ1) is 12.8. The fourth-order valence-corrected chi connectivity index (χ4v) is 3.50. The average molecular weight is 379 g/mol. The van der Waals surface area contributed by atoms with Crippen LogP contribution in [0.1, 0.15) is 47.3 Å². The van der Waals surface area contributed by atoms with Crippen molar-refractivity contribution in [2.75, 3.05) is 6.54 Å². The van der Waals surface area contributed by atoms with Gasteiger partial charge in [-0.05, 0) is 42.0 Å². The van der Waals surface area contributed by atoms with Gasteiger partial charge in [-0.3, -0.25) is 4.79 Å². The summed E-state index contributed by atoms with van der Waals surface area (Å²) >= 11 is 1.66. The summed E-state index contributed by atoms with van der Waals surface area (Å²) in [6.45, 7) is 9.14. The zero-order chi connectivity index (χ0) is 19.4. The number of aromatic nitrogens is 1. The Hall–Kier alpha value is -2.46. The van der Waals surface area contributed by atoms with Crippen LogP contribution in [0.25, 0.3) is 11.3 Å². The summed E-state index contributed by atoms with van der Waals surface area (Å²) in [6, 6.07) is 16.3. The third-order valence-corrected chi connectivity index (χ3v) is 5.35. The summed E-state index contributed by atoms with van der Waals surface area (Å²) < 4.78 is 0. The van der Waals surface area contributed by atoms with Gasteiger partial charge in [-0.1, -0.05) is 57.2 Å². The molecule has 0 spiro atoms. The molecule has 2 aromatic carbocycles. The Kier molecular flexibility index (Phi) is 5.76. The van der Waals surface area contributed by atoms with Gasteiger partial charge >= 0.3 is 0 Å². The molecule has 3 aromatic rings. The SMILES string of the molecule is Cc1nc(-c2ccc(CCNC(=O)c3ccc(C(C)(C)C)cc3)cc2)cs1. The Bertz CT molecular complexity index is 903. The number of thiazole rings is 1. The minimum atomic E-state index is -0.0231. The molecule has 0 saturated heterocycles. The lowest BCUT2D eigenvalue weighted by Crippen LogP contribution is -2.25. The van der Waals surface area contributed by atoms with Crippen LogP contribution in [-0.4, -0.2) is 17.4 Å². The van der Waals surface area contributed by atoms with Crippen molar-refractivity contribution in [3.63, 3.8) is 0 Å². The summed E-state index contributed by atoms with van der Waals surface area (Å²) in [5.74, 6) is -0.0231. The Labute approximate surface area is 165 Å². The van der Waals surface area contributed by atoms with E-state index < -0.39 is 0 Å². The third kappa shape index (κ3) is 5.04. The predicted molar refractivity (Wildman–Crippen MR) is 113 cm³/mol. The fraction of sp³-hybridized carbons (Fsp3) is 0.304. The lowest BCUT2D eigenvalue weighted by molar-refractivity contribution is 0.0954. The molecule has 1 N–H and O–H groups in total. The van der Waals surface area contributed by atoms with Crippen molar-refractivity contribution in [2.45, 2.75) is 39.5 Å². The van der Waals surface area contributed by atoms with E-state index in [9.17, 15) is 4.79 Å². The average Bonchev–Trinajstić information content (AvgIpc) is 3.08. The summed E-state index contributed by atoms with van der Waals surface area (Å²) in [5.41, 5.74) is 5.39. The second-order valence-electron chi connectivity index (χ2n) is 7.78. The molecule has 0 fully saturated rings. The molecule has 140 valence electrons. The molecule has 1 aromatic heterocycles. The van der Waals surface area contributed by atoms with Gasteiger partial charge in [-0.15, -0.1) is 11.3 Å². The monoisotopic (exact) mass is 378 g/mol. The van der Waals surface area contributed by atoms with Crippen LogP contribution in [0, 0.1) is 6.92 Å². The predicted octanol–water partition coefficient (Wildman–Crippen LogP) is 5.39. The summed E-state index contributed by atoms with van der Waals surface area (Å²) in [7, 11) is 0. The molecule has 0 bridgehead atoms. The molecule has 3 nitrogen and oxygen atoms in total. The largest absolute Gasteiger partial charge is 0.352 e. The highest BCUT2D eigenvalue weighted by Gasteiger charge is 2.14. The maximum absolute atomic E-state index is 12.3. The number of carbonyl (C=O) groups is 1. The standard InChI is InChI=1S/C23H26N2OS/c1-16-25-21(15-27-16)18-7-5-17(6-8-18)13-14-24-22(26)19-9-11-20(12-10-19)23(2,3)4/h5-12,15H,13-14H2,1-4H3,(H,24,26). The molecule has 0 atom stereocenters. The van der Waals surface area contributed by atoms with Crippen LogP contribution in [0.4, 0.5) is 0 Å². The molecule has 0 unspecified atom stereocenters. The molecule has 4 heteroatoms. The molecule has 0 aliphatic carbocycles. The van der Waals surface area contributed by atoms with Gasteiger partial charge in [-0.2, -0.15) is 0 Å². The molecule has 1 amide bonds. The highest BCUT2D eigenvalue weighted by Crippen LogP contribution is 2.23. The van der Waals surface area contributed by atoms with Crippen LogP contribution in [0.5, 0.6) is 0 Å². The number of carbonyl (C=O) groups excluding carboxylic acids is 1. The Morgan fingerprint density at radius 1 is 1.04 bits per heavy atom. The Morgan fingerprint density at radius 2 is 1.70 bits per heavy atom. The van der Waals surface area contributed by atoms with E-state index >= 15 is 0 Å². The number of amides is 1. The van der Waals surface area contributed by atoms with Crippen molar-refractivity contribution in [1.29, 1.82) is 0 Å². The summed E-state index contributed by atoms with van der Waals surface area (Å²) in [5, 5.41) is 6.16.